The lowest BCUT2D eigenvalue weighted by Crippen LogP contribution is -2.37. The average Bonchev–Trinajstić information content (AvgIpc) is 3.20. The Morgan fingerprint density at radius 2 is 2.03 bits per heavy atom. The number of amides is 1. The molecule has 5 N–H and O–H groups in total. The highest BCUT2D eigenvalue weighted by Crippen LogP contribution is 2.26. The third kappa shape index (κ3) is 6.13. The number of aliphatic hydroxyl groups excluding tert-OH is 2. The summed E-state index contributed by atoms with van der Waals surface area (Å²) in [5.74, 6) is -0.373. The second kappa shape index (κ2) is 10.8. The van der Waals surface area contributed by atoms with Gasteiger partial charge in [-0.05, 0) is 13.0 Å². The number of nitrogens with one attached hydrogen (secondary N) is 3. The van der Waals surface area contributed by atoms with Gasteiger partial charge in [-0.2, -0.15) is 10.1 Å². The van der Waals surface area contributed by atoms with Gasteiger partial charge in [0.15, 0.2) is 5.82 Å². The van der Waals surface area contributed by atoms with Crippen LogP contribution >= 0.6 is 11.6 Å². The minimum atomic E-state index is -0.765. The summed E-state index contributed by atoms with van der Waals surface area (Å²) >= 11 is 6.17. The fourth-order valence-electron chi connectivity index (χ4n) is 2.83. The standard InChI is InChI=1S/C20H23ClFN7O3/c1-12(10-30)25-18(32)9-29-8-13(6-24-29)26-20-23-7-15(21)19(28-20)27-17(11-31)14-4-2-3-5-16(14)22/h2-8,12,17,30-31H,9-11H2,1H3,(H,25,32)(H2,23,26,27,28)/t12-,17+/m0/s1. The zero-order valence-electron chi connectivity index (χ0n) is 17.2. The molecule has 0 radical (unpaired) electrons. The lowest BCUT2D eigenvalue weighted by molar-refractivity contribution is -0.122. The van der Waals surface area contributed by atoms with Crippen LogP contribution in [0, 0.1) is 5.82 Å². The maximum Gasteiger partial charge on any atom is 0.242 e. The van der Waals surface area contributed by atoms with Crippen LogP contribution in [0.3, 0.4) is 0 Å². The molecule has 0 spiro atoms. The van der Waals surface area contributed by atoms with E-state index >= 15 is 0 Å². The third-order valence-electron chi connectivity index (χ3n) is 4.39. The van der Waals surface area contributed by atoms with Gasteiger partial charge >= 0.3 is 0 Å². The van der Waals surface area contributed by atoms with Crippen LogP contribution in [0.4, 0.5) is 21.8 Å². The number of rotatable bonds is 10. The van der Waals surface area contributed by atoms with Crippen molar-refractivity contribution in [2.45, 2.75) is 25.6 Å². The topological polar surface area (TPSA) is 137 Å². The fraction of sp³-hybridized carbons (Fsp3) is 0.300. The summed E-state index contributed by atoms with van der Waals surface area (Å²) < 4.78 is 15.5. The van der Waals surface area contributed by atoms with Crippen molar-refractivity contribution in [1.82, 2.24) is 25.1 Å². The Bertz CT molecular complexity index is 1070. The zero-order chi connectivity index (χ0) is 23.1. The monoisotopic (exact) mass is 463 g/mol. The Labute approximate surface area is 188 Å². The first-order valence-electron chi connectivity index (χ1n) is 9.73. The molecule has 2 aromatic heterocycles. The molecule has 170 valence electrons. The van der Waals surface area contributed by atoms with Crippen molar-refractivity contribution < 1.29 is 19.4 Å². The molecule has 2 heterocycles. The molecule has 0 bridgehead atoms. The SMILES string of the molecule is C[C@@H](CO)NC(=O)Cn1cc(Nc2ncc(Cl)c(N[C@H](CO)c3ccccc3F)n2)cn1. The number of aromatic nitrogens is 4. The van der Waals surface area contributed by atoms with Crippen LogP contribution in [0.2, 0.25) is 5.02 Å². The van der Waals surface area contributed by atoms with Crippen molar-refractivity contribution in [2.75, 3.05) is 23.8 Å². The molecule has 1 aromatic carbocycles. The van der Waals surface area contributed by atoms with Crippen LogP contribution in [0.15, 0.2) is 42.9 Å². The van der Waals surface area contributed by atoms with E-state index in [0.717, 1.165) is 0 Å². The molecule has 0 saturated carbocycles. The summed E-state index contributed by atoms with van der Waals surface area (Å²) in [4.78, 5) is 20.3. The van der Waals surface area contributed by atoms with Crippen molar-refractivity contribution in [3.8, 4) is 0 Å². The Morgan fingerprint density at radius 3 is 2.75 bits per heavy atom. The second-order valence-corrected chi connectivity index (χ2v) is 7.40. The summed E-state index contributed by atoms with van der Waals surface area (Å²) in [6.07, 6.45) is 4.44. The van der Waals surface area contributed by atoms with Gasteiger partial charge in [0.2, 0.25) is 11.9 Å². The first kappa shape index (κ1) is 23.4. The van der Waals surface area contributed by atoms with Gasteiger partial charge < -0.3 is 26.2 Å². The largest absolute Gasteiger partial charge is 0.394 e. The minimum absolute atomic E-state index is 0.0267. The molecule has 0 fully saturated rings. The van der Waals surface area contributed by atoms with E-state index in [-0.39, 0.29) is 54.1 Å². The minimum Gasteiger partial charge on any atom is -0.394 e. The summed E-state index contributed by atoms with van der Waals surface area (Å²) in [6.45, 7) is 1.12. The number of anilines is 3. The molecule has 3 rings (SSSR count). The van der Waals surface area contributed by atoms with E-state index in [2.05, 4.69) is 31.0 Å². The van der Waals surface area contributed by atoms with Crippen molar-refractivity contribution in [2.24, 2.45) is 0 Å². The summed E-state index contributed by atoms with van der Waals surface area (Å²) in [6, 6.07) is 4.97. The molecule has 0 unspecified atom stereocenters. The highest BCUT2D eigenvalue weighted by molar-refractivity contribution is 6.32. The molecule has 3 aromatic rings. The van der Waals surface area contributed by atoms with E-state index in [9.17, 15) is 14.3 Å². The fourth-order valence-corrected chi connectivity index (χ4v) is 2.98. The molecule has 0 aliphatic heterocycles. The highest BCUT2D eigenvalue weighted by Gasteiger charge is 2.17. The first-order valence-corrected chi connectivity index (χ1v) is 10.1. The smallest absolute Gasteiger partial charge is 0.242 e. The van der Waals surface area contributed by atoms with E-state index < -0.39 is 11.9 Å². The Hall–Kier alpha value is -3.28. The van der Waals surface area contributed by atoms with Crippen LogP contribution in [-0.2, 0) is 11.3 Å². The van der Waals surface area contributed by atoms with Crippen molar-refractivity contribution >= 4 is 35.0 Å². The van der Waals surface area contributed by atoms with E-state index in [1.54, 1.807) is 31.3 Å². The molecular formula is C20H23ClFN7O3. The van der Waals surface area contributed by atoms with E-state index in [0.29, 0.717) is 5.69 Å². The zero-order valence-corrected chi connectivity index (χ0v) is 17.9. The van der Waals surface area contributed by atoms with Gasteiger partial charge in [-0.25, -0.2) is 9.37 Å². The number of halogens is 2. The molecule has 1 amide bonds. The van der Waals surface area contributed by atoms with Crippen LogP contribution in [0.25, 0.3) is 0 Å². The first-order chi connectivity index (χ1) is 15.4. The number of carbonyl (C=O) groups is 1. The molecule has 0 aliphatic carbocycles. The van der Waals surface area contributed by atoms with Gasteiger partial charge in [0.05, 0.1) is 37.3 Å². The molecule has 10 nitrogen and oxygen atoms in total. The van der Waals surface area contributed by atoms with Crippen LogP contribution in [0.5, 0.6) is 0 Å². The maximum atomic E-state index is 14.1. The average molecular weight is 464 g/mol. The third-order valence-corrected chi connectivity index (χ3v) is 4.67. The highest BCUT2D eigenvalue weighted by atomic mass is 35.5. The van der Waals surface area contributed by atoms with Crippen molar-refractivity contribution in [3.05, 3.63) is 59.3 Å². The Kier molecular flexibility index (Phi) is 7.92. The quantitative estimate of drug-likeness (QED) is 0.307. The van der Waals surface area contributed by atoms with E-state index in [1.165, 1.54) is 23.1 Å². The van der Waals surface area contributed by atoms with Gasteiger partial charge in [-0.3, -0.25) is 9.48 Å². The van der Waals surface area contributed by atoms with Gasteiger partial charge in [0.25, 0.3) is 0 Å². The number of hydrogen-bond acceptors (Lipinski definition) is 8. The van der Waals surface area contributed by atoms with Crippen LogP contribution in [0.1, 0.15) is 18.5 Å². The summed E-state index contributed by atoms with van der Waals surface area (Å²) in [5, 5.41) is 31.5. The number of benzene rings is 1. The van der Waals surface area contributed by atoms with Gasteiger partial charge in [-0.1, -0.05) is 29.8 Å². The second-order valence-electron chi connectivity index (χ2n) is 6.99. The van der Waals surface area contributed by atoms with Crippen LogP contribution in [-0.4, -0.2) is 55.1 Å². The van der Waals surface area contributed by atoms with E-state index in [1.807, 2.05) is 0 Å². The molecular weight excluding hydrogens is 441 g/mol. The number of carbonyl (C=O) groups excluding carboxylic acids is 1. The van der Waals surface area contributed by atoms with Gasteiger partial charge in [0.1, 0.15) is 17.4 Å². The van der Waals surface area contributed by atoms with E-state index in [4.69, 9.17) is 16.7 Å². The number of hydrogen-bond donors (Lipinski definition) is 5. The van der Waals surface area contributed by atoms with Crippen molar-refractivity contribution in [1.29, 1.82) is 0 Å². The lowest BCUT2D eigenvalue weighted by Gasteiger charge is -2.19. The molecule has 2 atom stereocenters. The summed E-state index contributed by atoms with van der Waals surface area (Å²) in [5.41, 5.74) is 0.795. The molecule has 32 heavy (non-hydrogen) atoms. The Balaban J connectivity index is 1.69. The predicted octanol–water partition coefficient (Wildman–Crippen LogP) is 1.85. The van der Waals surface area contributed by atoms with Gasteiger partial charge in [-0.15, -0.1) is 0 Å². The lowest BCUT2D eigenvalue weighted by atomic mass is 10.1. The molecule has 0 saturated heterocycles. The normalized spacial score (nSPS) is 12.8. The number of aliphatic hydroxyl groups is 2. The Morgan fingerprint density at radius 1 is 1.25 bits per heavy atom. The molecule has 0 aliphatic rings. The number of nitrogens with zero attached hydrogens (tertiary/aromatic N) is 4. The van der Waals surface area contributed by atoms with Gasteiger partial charge in [0, 0.05) is 17.8 Å². The van der Waals surface area contributed by atoms with Crippen LogP contribution < -0.4 is 16.0 Å². The maximum absolute atomic E-state index is 14.1. The van der Waals surface area contributed by atoms with Crippen molar-refractivity contribution in [3.63, 3.8) is 0 Å². The predicted molar refractivity (Wildman–Crippen MR) is 117 cm³/mol. The molecule has 12 heteroatoms. The summed E-state index contributed by atoms with van der Waals surface area (Å²) in [7, 11) is 0.